The van der Waals surface area contributed by atoms with Gasteiger partial charge in [0.05, 0.1) is 0 Å². The molecule has 4 nitrogen and oxygen atoms in total. The summed E-state index contributed by atoms with van der Waals surface area (Å²) in [5, 5.41) is 2.69. The predicted molar refractivity (Wildman–Crippen MR) is 71.6 cm³/mol. The van der Waals surface area contributed by atoms with Crippen LogP contribution in [0.15, 0.2) is 48.5 Å². The zero-order valence-corrected chi connectivity index (χ0v) is 10.00. The molecule has 0 radical (unpaired) electrons. The molecule has 0 atom stereocenters. The van der Waals surface area contributed by atoms with E-state index in [1.54, 1.807) is 42.5 Å². The van der Waals surface area contributed by atoms with Gasteiger partial charge in [-0.15, -0.1) is 0 Å². The molecule has 2 aromatic rings. The van der Waals surface area contributed by atoms with Gasteiger partial charge in [-0.25, -0.2) is 0 Å². The summed E-state index contributed by atoms with van der Waals surface area (Å²) in [5.41, 5.74) is 1.99. The van der Waals surface area contributed by atoms with Crippen molar-refractivity contribution in [3.63, 3.8) is 0 Å². The third-order valence-corrected chi connectivity index (χ3v) is 2.59. The van der Waals surface area contributed by atoms with E-state index in [-0.39, 0.29) is 5.91 Å². The summed E-state index contributed by atoms with van der Waals surface area (Å²) in [6.07, 6.45) is 1.43. The normalized spacial score (nSPS) is 9.68. The minimum atomic E-state index is -0.303. The van der Waals surface area contributed by atoms with Crippen molar-refractivity contribution in [1.29, 1.82) is 0 Å². The molecule has 0 spiro atoms. The van der Waals surface area contributed by atoms with Crippen molar-refractivity contribution in [1.82, 2.24) is 0 Å². The summed E-state index contributed by atoms with van der Waals surface area (Å²) in [4.78, 5) is 33.1. The van der Waals surface area contributed by atoms with Crippen molar-refractivity contribution >= 4 is 24.2 Å². The maximum Gasteiger partial charge on any atom is 0.255 e. The van der Waals surface area contributed by atoms with Crippen LogP contribution in [-0.2, 0) is 0 Å². The molecule has 2 aromatic carbocycles. The van der Waals surface area contributed by atoms with Crippen LogP contribution < -0.4 is 5.32 Å². The molecule has 0 aliphatic heterocycles. The number of aldehydes is 2. The molecular weight excluding hydrogens is 242 g/mol. The van der Waals surface area contributed by atoms with Crippen LogP contribution in [0.2, 0.25) is 0 Å². The van der Waals surface area contributed by atoms with Gasteiger partial charge in [-0.2, -0.15) is 0 Å². The van der Waals surface area contributed by atoms with Gasteiger partial charge in [0, 0.05) is 22.4 Å². The summed E-state index contributed by atoms with van der Waals surface area (Å²) in [6.45, 7) is 0. The number of nitrogens with one attached hydrogen (secondary N) is 1. The van der Waals surface area contributed by atoms with E-state index in [0.717, 1.165) is 6.29 Å². The molecule has 0 unspecified atom stereocenters. The highest BCUT2D eigenvalue weighted by molar-refractivity contribution is 6.05. The van der Waals surface area contributed by atoms with Crippen LogP contribution in [0, 0.1) is 0 Å². The minimum absolute atomic E-state index is 0.303. The minimum Gasteiger partial charge on any atom is -0.322 e. The summed E-state index contributed by atoms with van der Waals surface area (Å²) >= 11 is 0. The lowest BCUT2D eigenvalue weighted by atomic mass is 10.1. The van der Waals surface area contributed by atoms with E-state index in [4.69, 9.17) is 0 Å². The third kappa shape index (κ3) is 3.13. The van der Waals surface area contributed by atoms with Crippen LogP contribution >= 0.6 is 0 Å². The molecule has 4 heteroatoms. The van der Waals surface area contributed by atoms with Gasteiger partial charge in [-0.1, -0.05) is 12.1 Å². The number of rotatable bonds is 4. The smallest absolute Gasteiger partial charge is 0.255 e. The summed E-state index contributed by atoms with van der Waals surface area (Å²) < 4.78 is 0. The Kier molecular flexibility index (Phi) is 3.83. The van der Waals surface area contributed by atoms with E-state index in [9.17, 15) is 14.4 Å². The largest absolute Gasteiger partial charge is 0.322 e. The maximum atomic E-state index is 11.9. The second-order valence-corrected chi connectivity index (χ2v) is 3.94. The lowest BCUT2D eigenvalue weighted by Gasteiger charge is -2.05. The van der Waals surface area contributed by atoms with Crippen molar-refractivity contribution in [2.75, 3.05) is 5.32 Å². The fourth-order valence-electron chi connectivity index (χ4n) is 1.60. The Balaban J connectivity index is 2.15. The second-order valence-electron chi connectivity index (χ2n) is 3.94. The first-order valence-electron chi connectivity index (χ1n) is 5.65. The van der Waals surface area contributed by atoms with Crippen molar-refractivity contribution in [3.8, 4) is 0 Å². The number of amides is 1. The van der Waals surface area contributed by atoms with E-state index >= 15 is 0 Å². The number of benzene rings is 2. The predicted octanol–water partition coefficient (Wildman–Crippen LogP) is 2.56. The maximum absolute atomic E-state index is 11.9. The van der Waals surface area contributed by atoms with Gasteiger partial charge in [0.15, 0.2) is 0 Å². The number of anilines is 1. The zero-order valence-electron chi connectivity index (χ0n) is 10.00. The van der Waals surface area contributed by atoms with E-state index < -0.39 is 0 Å². The van der Waals surface area contributed by atoms with Gasteiger partial charge in [-0.05, 0) is 36.4 Å². The highest BCUT2D eigenvalue weighted by atomic mass is 16.1. The molecule has 0 fully saturated rings. The lowest BCUT2D eigenvalue weighted by molar-refractivity contribution is 0.102. The third-order valence-electron chi connectivity index (χ3n) is 2.59. The second kappa shape index (κ2) is 5.73. The van der Waals surface area contributed by atoms with Gasteiger partial charge in [0.2, 0.25) is 0 Å². The molecule has 0 bridgehead atoms. The zero-order chi connectivity index (χ0) is 13.7. The Labute approximate surface area is 110 Å². The quantitative estimate of drug-likeness (QED) is 0.852. The lowest BCUT2D eigenvalue weighted by Crippen LogP contribution is -2.12. The van der Waals surface area contributed by atoms with Crippen molar-refractivity contribution < 1.29 is 14.4 Å². The Morgan fingerprint density at radius 3 is 2.21 bits per heavy atom. The van der Waals surface area contributed by atoms with E-state index in [1.165, 1.54) is 6.07 Å². The van der Waals surface area contributed by atoms with Crippen LogP contribution in [0.25, 0.3) is 0 Å². The summed E-state index contributed by atoms with van der Waals surface area (Å²) in [6, 6.07) is 12.9. The first kappa shape index (κ1) is 12.7. The van der Waals surface area contributed by atoms with Gasteiger partial charge < -0.3 is 5.32 Å². The SMILES string of the molecule is O=Cc1ccc(NC(=O)c2cccc(C=O)c2)cc1. The Hall–Kier alpha value is -2.75. The average molecular weight is 253 g/mol. The van der Waals surface area contributed by atoms with Gasteiger partial charge in [0.25, 0.3) is 5.91 Å². The molecule has 0 saturated carbocycles. The fourth-order valence-corrected chi connectivity index (χ4v) is 1.60. The van der Waals surface area contributed by atoms with Crippen molar-refractivity contribution in [2.24, 2.45) is 0 Å². The first-order chi connectivity index (χ1) is 9.22. The molecule has 94 valence electrons. The molecule has 0 heterocycles. The van der Waals surface area contributed by atoms with E-state index in [1.807, 2.05) is 0 Å². The monoisotopic (exact) mass is 253 g/mol. The standard InChI is InChI=1S/C15H11NO3/c17-9-11-4-6-14(7-5-11)16-15(19)13-3-1-2-12(8-13)10-18/h1-10H,(H,16,19). The molecule has 0 aromatic heterocycles. The van der Waals surface area contributed by atoms with Crippen LogP contribution in [0.4, 0.5) is 5.69 Å². The fraction of sp³-hybridized carbons (Fsp3) is 0. The Morgan fingerprint density at radius 1 is 0.895 bits per heavy atom. The van der Waals surface area contributed by atoms with Crippen LogP contribution in [-0.4, -0.2) is 18.5 Å². The van der Waals surface area contributed by atoms with Crippen molar-refractivity contribution in [2.45, 2.75) is 0 Å². The summed E-state index contributed by atoms with van der Waals surface area (Å²) in [7, 11) is 0. The van der Waals surface area contributed by atoms with Gasteiger partial charge in [-0.3, -0.25) is 14.4 Å². The Morgan fingerprint density at radius 2 is 1.58 bits per heavy atom. The number of hydrogen-bond donors (Lipinski definition) is 1. The highest BCUT2D eigenvalue weighted by Crippen LogP contribution is 2.11. The number of carbonyl (C=O) groups is 3. The first-order valence-corrected chi connectivity index (χ1v) is 5.65. The summed E-state index contributed by atoms with van der Waals surface area (Å²) in [5.74, 6) is -0.303. The van der Waals surface area contributed by atoms with E-state index in [2.05, 4.69) is 5.32 Å². The Bertz CT molecular complexity index is 618. The topological polar surface area (TPSA) is 63.2 Å². The molecule has 2 rings (SSSR count). The van der Waals surface area contributed by atoms with Crippen molar-refractivity contribution in [3.05, 3.63) is 65.2 Å². The van der Waals surface area contributed by atoms with Crippen LogP contribution in [0.3, 0.4) is 0 Å². The molecule has 0 aliphatic carbocycles. The molecule has 1 amide bonds. The van der Waals surface area contributed by atoms with Crippen LogP contribution in [0.1, 0.15) is 31.1 Å². The van der Waals surface area contributed by atoms with E-state index in [0.29, 0.717) is 28.7 Å². The van der Waals surface area contributed by atoms with Gasteiger partial charge >= 0.3 is 0 Å². The van der Waals surface area contributed by atoms with Crippen LogP contribution in [0.5, 0.6) is 0 Å². The number of carbonyl (C=O) groups excluding carboxylic acids is 3. The number of hydrogen-bond acceptors (Lipinski definition) is 3. The average Bonchev–Trinajstić information content (AvgIpc) is 2.48. The molecular formula is C15H11NO3. The highest BCUT2D eigenvalue weighted by Gasteiger charge is 2.06. The molecule has 19 heavy (non-hydrogen) atoms. The van der Waals surface area contributed by atoms with Gasteiger partial charge in [0.1, 0.15) is 12.6 Å². The molecule has 0 aliphatic rings. The molecule has 1 N–H and O–H groups in total. The molecule has 0 saturated heterocycles.